The smallest absolute Gasteiger partial charge is 0.162 e. The standard InChI is InChI=1S/C10H12N4O/c1-2-14-8-11-12-10(14)7-9(1)13-3-5-15-6-4-13/h1-2,7-8H,3-6H2. The molecule has 78 valence electrons. The summed E-state index contributed by atoms with van der Waals surface area (Å²) in [7, 11) is 0. The Bertz CT molecular complexity index is 461. The normalized spacial score (nSPS) is 17.2. The third-order valence-corrected chi connectivity index (χ3v) is 2.66. The summed E-state index contributed by atoms with van der Waals surface area (Å²) in [5, 5.41) is 7.89. The summed E-state index contributed by atoms with van der Waals surface area (Å²) in [6.07, 6.45) is 3.69. The molecule has 2 aromatic heterocycles. The second-order valence-corrected chi connectivity index (χ2v) is 3.58. The van der Waals surface area contributed by atoms with Crippen molar-refractivity contribution in [2.45, 2.75) is 0 Å². The van der Waals surface area contributed by atoms with Gasteiger partial charge in [0.05, 0.1) is 13.2 Å². The van der Waals surface area contributed by atoms with E-state index >= 15 is 0 Å². The predicted octanol–water partition coefficient (Wildman–Crippen LogP) is 0.566. The monoisotopic (exact) mass is 204 g/mol. The molecule has 1 aliphatic heterocycles. The minimum Gasteiger partial charge on any atom is -0.378 e. The lowest BCUT2D eigenvalue weighted by molar-refractivity contribution is 0.122. The zero-order chi connectivity index (χ0) is 10.1. The number of hydrogen-bond donors (Lipinski definition) is 0. The summed E-state index contributed by atoms with van der Waals surface area (Å²) >= 11 is 0. The van der Waals surface area contributed by atoms with Crippen LogP contribution in [-0.4, -0.2) is 40.9 Å². The maximum Gasteiger partial charge on any atom is 0.162 e. The molecule has 3 heterocycles. The highest BCUT2D eigenvalue weighted by molar-refractivity contribution is 5.55. The fraction of sp³-hybridized carbons (Fsp3) is 0.400. The van der Waals surface area contributed by atoms with E-state index in [-0.39, 0.29) is 0 Å². The lowest BCUT2D eigenvalue weighted by Gasteiger charge is -2.28. The van der Waals surface area contributed by atoms with Crippen LogP contribution >= 0.6 is 0 Å². The Morgan fingerprint density at radius 3 is 3.00 bits per heavy atom. The molecule has 0 atom stereocenters. The molecule has 5 nitrogen and oxygen atoms in total. The zero-order valence-corrected chi connectivity index (χ0v) is 8.33. The van der Waals surface area contributed by atoms with E-state index in [9.17, 15) is 0 Å². The highest BCUT2D eigenvalue weighted by Crippen LogP contribution is 2.16. The van der Waals surface area contributed by atoms with Gasteiger partial charge in [0.2, 0.25) is 0 Å². The first-order valence-corrected chi connectivity index (χ1v) is 5.05. The van der Waals surface area contributed by atoms with Gasteiger partial charge in [-0.3, -0.25) is 4.40 Å². The fourth-order valence-corrected chi connectivity index (χ4v) is 1.82. The van der Waals surface area contributed by atoms with Crippen LogP contribution in [0.2, 0.25) is 0 Å². The van der Waals surface area contributed by atoms with Gasteiger partial charge in [-0.25, -0.2) is 0 Å². The number of fused-ring (bicyclic) bond motifs is 1. The zero-order valence-electron chi connectivity index (χ0n) is 8.33. The van der Waals surface area contributed by atoms with Crippen molar-refractivity contribution in [1.82, 2.24) is 14.6 Å². The lowest BCUT2D eigenvalue weighted by atomic mass is 10.3. The molecule has 2 aromatic rings. The number of ether oxygens (including phenoxy) is 1. The molecule has 0 unspecified atom stereocenters. The van der Waals surface area contributed by atoms with Crippen LogP contribution in [0.5, 0.6) is 0 Å². The van der Waals surface area contributed by atoms with Gasteiger partial charge in [0, 0.05) is 31.0 Å². The van der Waals surface area contributed by atoms with Crippen LogP contribution in [0.15, 0.2) is 24.7 Å². The second-order valence-electron chi connectivity index (χ2n) is 3.58. The molecule has 0 aromatic carbocycles. The van der Waals surface area contributed by atoms with Crippen LogP contribution in [0.3, 0.4) is 0 Å². The minimum absolute atomic E-state index is 0.803. The van der Waals surface area contributed by atoms with E-state index in [1.54, 1.807) is 6.33 Å². The summed E-state index contributed by atoms with van der Waals surface area (Å²) in [5.74, 6) is 0. The molecule has 1 aliphatic rings. The molecule has 3 rings (SSSR count). The Morgan fingerprint density at radius 2 is 2.13 bits per heavy atom. The molecule has 1 saturated heterocycles. The number of morpholine rings is 1. The molecule has 0 aliphatic carbocycles. The Kier molecular flexibility index (Phi) is 2.03. The van der Waals surface area contributed by atoms with Gasteiger partial charge in [-0.05, 0) is 6.07 Å². The first-order valence-electron chi connectivity index (χ1n) is 5.05. The molecule has 5 heteroatoms. The number of anilines is 1. The molecule has 15 heavy (non-hydrogen) atoms. The highest BCUT2D eigenvalue weighted by Gasteiger charge is 2.11. The minimum atomic E-state index is 0.803. The van der Waals surface area contributed by atoms with Gasteiger partial charge in [0.15, 0.2) is 5.65 Å². The van der Waals surface area contributed by atoms with Crippen LogP contribution in [0, 0.1) is 0 Å². The van der Waals surface area contributed by atoms with Crippen LogP contribution in [0.25, 0.3) is 5.65 Å². The van der Waals surface area contributed by atoms with Gasteiger partial charge in [-0.2, -0.15) is 0 Å². The summed E-state index contributed by atoms with van der Waals surface area (Å²) in [4.78, 5) is 2.30. The second kappa shape index (κ2) is 3.51. The van der Waals surface area contributed by atoms with Gasteiger partial charge in [-0.15, -0.1) is 10.2 Å². The van der Waals surface area contributed by atoms with Gasteiger partial charge in [0.1, 0.15) is 6.33 Å². The number of rotatable bonds is 1. The van der Waals surface area contributed by atoms with Gasteiger partial charge >= 0.3 is 0 Å². The largest absolute Gasteiger partial charge is 0.378 e. The Morgan fingerprint density at radius 1 is 1.27 bits per heavy atom. The average molecular weight is 204 g/mol. The average Bonchev–Trinajstić information content (AvgIpc) is 2.77. The van der Waals surface area contributed by atoms with E-state index < -0.39 is 0 Å². The van der Waals surface area contributed by atoms with E-state index in [0.717, 1.165) is 32.0 Å². The Balaban J connectivity index is 1.95. The van der Waals surface area contributed by atoms with E-state index in [1.165, 1.54) is 5.69 Å². The molecule has 0 bridgehead atoms. The first kappa shape index (κ1) is 8.67. The molecular formula is C10H12N4O. The van der Waals surface area contributed by atoms with Crippen LogP contribution in [0.4, 0.5) is 5.69 Å². The van der Waals surface area contributed by atoms with Crippen molar-refractivity contribution in [3.63, 3.8) is 0 Å². The van der Waals surface area contributed by atoms with Gasteiger partial charge in [0.25, 0.3) is 0 Å². The van der Waals surface area contributed by atoms with Crippen LogP contribution < -0.4 is 4.90 Å². The van der Waals surface area contributed by atoms with Crippen molar-refractivity contribution >= 4 is 11.3 Å². The van der Waals surface area contributed by atoms with E-state index in [4.69, 9.17) is 4.74 Å². The predicted molar refractivity (Wildman–Crippen MR) is 56.0 cm³/mol. The fourth-order valence-electron chi connectivity index (χ4n) is 1.82. The van der Waals surface area contributed by atoms with Crippen molar-refractivity contribution in [1.29, 1.82) is 0 Å². The highest BCUT2D eigenvalue weighted by atomic mass is 16.5. The number of aromatic nitrogens is 3. The summed E-state index contributed by atoms with van der Waals surface area (Å²) in [6, 6.07) is 4.14. The molecule has 0 N–H and O–H groups in total. The molecule has 1 fully saturated rings. The summed E-state index contributed by atoms with van der Waals surface area (Å²) < 4.78 is 7.23. The topological polar surface area (TPSA) is 42.7 Å². The SMILES string of the molecule is c1cn2cnnc2cc1N1CCOCC1. The Labute approximate surface area is 87.3 Å². The summed E-state index contributed by atoms with van der Waals surface area (Å²) in [5.41, 5.74) is 2.08. The van der Waals surface area contributed by atoms with Crippen LogP contribution in [0.1, 0.15) is 0 Å². The third-order valence-electron chi connectivity index (χ3n) is 2.66. The quantitative estimate of drug-likeness (QED) is 0.681. The number of hydrogen-bond acceptors (Lipinski definition) is 4. The number of nitrogens with zero attached hydrogens (tertiary/aromatic N) is 4. The van der Waals surface area contributed by atoms with Crippen molar-refractivity contribution in [2.24, 2.45) is 0 Å². The Hall–Kier alpha value is -1.62. The molecule has 0 radical (unpaired) electrons. The van der Waals surface area contributed by atoms with Crippen molar-refractivity contribution in [3.8, 4) is 0 Å². The molecule has 0 spiro atoms. The van der Waals surface area contributed by atoms with Gasteiger partial charge in [-0.1, -0.05) is 0 Å². The van der Waals surface area contributed by atoms with Crippen molar-refractivity contribution in [3.05, 3.63) is 24.7 Å². The van der Waals surface area contributed by atoms with Crippen molar-refractivity contribution < 1.29 is 4.74 Å². The third kappa shape index (κ3) is 1.55. The first-order chi connectivity index (χ1) is 7.43. The van der Waals surface area contributed by atoms with Gasteiger partial charge < -0.3 is 9.64 Å². The maximum absolute atomic E-state index is 5.32. The number of pyridine rings is 1. The lowest BCUT2D eigenvalue weighted by Crippen LogP contribution is -2.36. The molecule has 0 amide bonds. The van der Waals surface area contributed by atoms with E-state index in [2.05, 4.69) is 27.2 Å². The summed E-state index contributed by atoms with van der Waals surface area (Å²) in [6.45, 7) is 3.50. The molecule has 0 saturated carbocycles. The van der Waals surface area contributed by atoms with E-state index in [1.807, 2.05) is 10.6 Å². The van der Waals surface area contributed by atoms with Crippen LogP contribution in [-0.2, 0) is 4.74 Å². The van der Waals surface area contributed by atoms with Crippen molar-refractivity contribution in [2.75, 3.05) is 31.2 Å². The molecular weight excluding hydrogens is 192 g/mol. The maximum atomic E-state index is 5.32. The van der Waals surface area contributed by atoms with E-state index in [0.29, 0.717) is 0 Å².